The lowest BCUT2D eigenvalue weighted by molar-refractivity contribution is 0.107. The van der Waals surface area contributed by atoms with Crippen molar-refractivity contribution in [3.8, 4) is 0 Å². The van der Waals surface area contributed by atoms with Crippen LogP contribution in [-0.4, -0.2) is 19.0 Å². The van der Waals surface area contributed by atoms with E-state index in [2.05, 4.69) is 65.9 Å². The van der Waals surface area contributed by atoms with Crippen molar-refractivity contribution in [2.24, 2.45) is 4.99 Å². The van der Waals surface area contributed by atoms with Gasteiger partial charge in [-0.3, -0.25) is 4.99 Å². The maximum Gasteiger partial charge on any atom is 0.191 e. The molecule has 4 heteroatoms. The summed E-state index contributed by atoms with van der Waals surface area (Å²) in [6, 6.07) is 19.1. The smallest absolute Gasteiger partial charge is 0.191 e. The van der Waals surface area contributed by atoms with Crippen LogP contribution in [0.15, 0.2) is 59.6 Å². The molecule has 0 heterocycles. The third-order valence-corrected chi connectivity index (χ3v) is 4.08. The van der Waals surface area contributed by atoms with E-state index < -0.39 is 0 Å². The summed E-state index contributed by atoms with van der Waals surface area (Å²) in [5.74, 6) is 0.838. The lowest BCUT2D eigenvalue weighted by Crippen LogP contribution is -2.41. The molecule has 0 saturated heterocycles. The zero-order valence-electron chi connectivity index (χ0n) is 15.5. The van der Waals surface area contributed by atoms with Crippen molar-refractivity contribution in [2.45, 2.75) is 46.1 Å². The molecule has 1 unspecified atom stereocenters. The minimum atomic E-state index is 0.412. The van der Waals surface area contributed by atoms with Gasteiger partial charge in [0.2, 0.25) is 0 Å². The fourth-order valence-corrected chi connectivity index (χ4v) is 2.33. The molecule has 2 aromatic rings. The molecule has 0 aliphatic heterocycles. The standard InChI is InChI=1S/C21H29N3O/c1-4-17(2)24-21(22-3)23-14-18-10-12-20(13-11-18)16-25-15-19-8-6-5-7-9-19/h5-13,17H,4,14-16H2,1-3H3,(H2,22,23,24). The third-order valence-electron chi connectivity index (χ3n) is 4.08. The van der Waals surface area contributed by atoms with E-state index in [1.54, 1.807) is 7.05 Å². The van der Waals surface area contributed by atoms with Gasteiger partial charge in [-0.1, -0.05) is 61.5 Å². The van der Waals surface area contributed by atoms with Gasteiger partial charge in [-0.2, -0.15) is 0 Å². The summed E-state index contributed by atoms with van der Waals surface area (Å²) in [6.07, 6.45) is 1.07. The molecular formula is C21H29N3O. The minimum absolute atomic E-state index is 0.412. The summed E-state index contributed by atoms with van der Waals surface area (Å²) in [4.78, 5) is 4.25. The Morgan fingerprint density at radius 3 is 2.16 bits per heavy atom. The Morgan fingerprint density at radius 2 is 1.56 bits per heavy atom. The summed E-state index contributed by atoms with van der Waals surface area (Å²) < 4.78 is 5.77. The average Bonchev–Trinajstić information content (AvgIpc) is 2.66. The zero-order valence-corrected chi connectivity index (χ0v) is 15.5. The Morgan fingerprint density at radius 1 is 0.960 bits per heavy atom. The second kappa shape index (κ2) is 10.5. The first kappa shape index (κ1) is 19.0. The molecule has 2 rings (SSSR count). The Bertz CT molecular complexity index is 638. The zero-order chi connectivity index (χ0) is 17.9. The van der Waals surface area contributed by atoms with E-state index in [4.69, 9.17) is 4.74 Å². The first-order valence-electron chi connectivity index (χ1n) is 8.88. The lowest BCUT2D eigenvalue weighted by Gasteiger charge is -2.16. The summed E-state index contributed by atoms with van der Waals surface area (Å²) in [5.41, 5.74) is 3.60. The van der Waals surface area contributed by atoms with Crippen LogP contribution < -0.4 is 10.6 Å². The summed E-state index contributed by atoms with van der Waals surface area (Å²) >= 11 is 0. The maximum atomic E-state index is 5.77. The summed E-state index contributed by atoms with van der Waals surface area (Å²) in [6.45, 7) is 6.32. The number of rotatable bonds is 8. The third kappa shape index (κ3) is 6.98. The molecule has 25 heavy (non-hydrogen) atoms. The van der Waals surface area contributed by atoms with E-state index in [0.29, 0.717) is 19.3 Å². The fraction of sp³-hybridized carbons (Fsp3) is 0.381. The highest BCUT2D eigenvalue weighted by molar-refractivity contribution is 5.79. The van der Waals surface area contributed by atoms with Crippen LogP contribution in [0, 0.1) is 0 Å². The van der Waals surface area contributed by atoms with Gasteiger partial charge in [-0.15, -0.1) is 0 Å². The lowest BCUT2D eigenvalue weighted by atomic mass is 10.1. The van der Waals surface area contributed by atoms with Gasteiger partial charge in [-0.25, -0.2) is 0 Å². The Balaban J connectivity index is 1.75. The second-order valence-corrected chi connectivity index (χ2v) is 6.17. The normalized spacial score (nSPS) is 12.7. The minimum Gasteiger partial charge on any atom is -0.372 e. The maximum absolute atomic E-state index is 5.77. The van der Waals surface area contributed by atoms with Gasteiger partial charge in [-0.05, 0) is 30.0 Å². The van der Waals surface area contributed by atoms with E-state index in [1.807, 2.05) is 18.2 Å². The van der Waals surface area contributed by atoms with Gasteiger partial charge < -0.3 is 15.4 Å². The van der Waals surface area contributed by atoms with E-state index in [9.17, 15) is 0 Å². The van der Waals surface area contributed by atoms with Crippen LogP contribution in [0.1, 0.15) is 37.0 Å². The number of aliphatic imine (C=N–C) groups is 1. The molecule has 4 nitrogen and oxygen atoms in total. The molecule has 0 spiro atoms. The number of guanidine groups is 1. The Labute approximate surface area is 151 Å². The van der Waals surface area contributed by atoms with Gasteiger partial charge in [0.15, 0.2) is 5.96 Å². The molecule has 0 amide bonds. The predicted molar refractivity (Wildman–Crippen MR) is 104 cm³/mol. The second-order valence-electron chi connectivity index (χ2n) is 6.17. The van der Waals surface area contributed by atoms with Gasteiger partial charge in [0.1, 0.15) is 0 Å². The van der Waals surface area contributed by atoms with E-state index in [0.717, 1.165) is 18.9 Å². The largest absolute Gasteiger partial charge is 0.372 e. The molecule has 0 radical (unpaired) electrons. The van der Waals surface area contributed by atoms with Crippen molar-refractivity contribution < 1.29 is 4.74 Å². The highest BCUT2D eigenvalue weighted by atomic mass is 16.5. The first-order valence-corrected chi connectivity index (χ1v) is 8.88. The number of hydrogen-bond acceptors (Lipinski definition) is 2. The van der Waals surface area contributed by atoms with Gasteiger partial charge in [0.25, 0.3) is 0 Å². The predicted octanol–water partition coefficient (Wildman–Crippen LogP) is 3.87. The van der Waals surface area contributed by atoms with Crippen LogP contribution in [0.25, 0.3) is 0 Å². The molecule has 0 aliphatic carbocycles. The number of hydrogen-bond donors (Lipinski definition) is 2. The quantitative estimate of drug-likeness (QED) is 0.567. The highest BCUT2D eigenvalue weighted by Gasteiger charge is 2.03. The van der Waals surface area contributed by atoms with Gasteiger partial charge in [0.05, 0.1) is 13.2 Å². The van der Waals surface area contributed by atoms with Crippen molar-refractivity contribution in [3.05, 3.63) is 71.3 Å². The molecule has 0 fully saturated rings. The Hall–Kier alpha value is -2.33. The van der Waals surface area contributed by atoms with Crippen LogP contribution in [0.5, 0.6) is 0 Å². The number of benzene rings is 2. The van der Waals surface area contributed by atoms with Crippen molar-refractivity contribution >= 4 is 5.96 Å². The first-order chi connectivity index (χ1) is 12.2. The van der Waals surface area contributed by atoms with E-state index in [1.165, 1.54) is 16.7 Å². The molecule has 0 bridgehead atoms. The van der Waals surface area contributed by atoms with Crippen molar-refractivity contribution in [2.75, 3.05) is 7.05 Å². The number of nitrogens with one attached hydrogen (secondary N) is 2. The molecule has 0 aromatic heterocycles. The van der Waals surface area contributed by atoms with E-state index in [-0.39, 0.29) is 0 Å². The molecular weight excluding hydrogens is 310 g/mol. The number of nitrogens with zero attached hydrogens (tertiary/aromatic N) is 1. The van der Waals surface area contributed by atoms with Crippen molar-refractivity contribution in [3.63, 3.8) is 0 Å². The van der Waals surface area contributed by atoms with E-state index >= 15 is 0 Å². The Kier molecular flexibility index (Phi) is 7.99. The monoisotopic (exact) mass is 339 g/mol. The number of ether oxygens (including phenoxy) is 1. The van der Waals surface area contributed by atoms with Crippen LogP contribution in [-0.2, 0) is 24.5 Å². The van der Waals surface area contributed by atoms with Crippen molar-refractivity contribution in [1.29, 1.82) is 0 Å². The van der Waals surface area contributed by atoms with Crippen LogP contribution in [0.4, 0.5) is 0 Å². The van der Waals surface area contributed by atoms with Crippen LogP contribution in [0.2, 0.25) is 0 Å². The molecule has 2 aromatic carbocycles. The van der Waals surface area contributed by atoms with Crippen molar-refractivity contribution in [1.82, 2.24) is 10.6 Å². The average molecular weight is 339 g/mol. The fourth-order valence-electron chi connectivity index (χ4n) is 2.33. The summed E-state index contributed by atoms with van der Waals surface area (Å²) in [5, 5.41) is 6.70. The highest BCUT2D eigenvalue weighted by Crippen LogP contribution is 2.08. The topological polar surface area (TPSA) is 45.7 Å². The SMILES string of the molecule is CCC(C)NC(=NC)NCc1ccc(COCc2ccccc2)cc1. The van der Waals surface area contributed by atoms with Gasteiger partial charge >= 0.3 is 0 Å². The molecule has 2 N–H and O–H groups in total. The molecule has 134 valence electrons. The van der Waals surface area contributed by atoms with Crippen LogP contribution >= 0.6 is 0 Å². The summed E-state index contributed by atoms with van der Waals surface area (Å²) in [7, 11) is 1.80. The molecule has 0 saturated carbocycles. The van der Waals surface area contributed by atoms with Gasteiger partial charge in [0, 0.05) is 19.6 Å². The van der Waals surface area contributed by atoms with Crippen LogP contribution in [0.3, 0.4) is 0 Å². The molecule has 0 aliphatic rings. The molecule has 1 atom stereocenters.